The molecule has 1 fully saturated rings. The van der Waals surface area contributed by atoms with Crippen molar-refractivity contribution >= 4 is 0 Å². The van der Waals surface area contributed by atoms with E-state index in [-0.39, 0.29) is 13.2 Å². The van der Waals surface area contributed by atoms with Crippen LogP contribution in [0.15, 0.2) is 0 Å². The highest BCUT2D eigenvalue weighted by atomic mass is 19.2. The van der Waals surface area contributed by atoms with Crippen LogP contribution in [0.1, 0.15) is 0 Å². The number of halogens is 2. The van der Waals surface area contributed by atoms with Crippen LogP contribution in [0.5, 0.6) is 0 Å². The molecule has 1 aliphatic heterocycles. The molecule has 0 spiro atoms. The fourth-order valence-electron chi connectivity index (χ4n) is 1.31. The molecule has 0 aromatic rings. The van der Waals surface area contributed by atoms with Crippen molar-refractivity contribution in [1.82, 2.24) is 4.90 Å². The minimum Gasteiger partial charge on any atom is -0.303 e. The van der Waals surface area contributed by atoms with E-state index >= 15 is 0 Å². The molecule has 1 heterocycles. The molecule has 3 unspecified atom stereocenters. The van der Waals surface area contributed by atoms with Crippen LogP contribution >= 0.6 is 0 Å². The highest BCUT2D eigenvalue weighted by Gasteiger charge is 2.40. The lowest BCUT2D eigenvalue weighted by atomic mass is 10.2. The number of rotatable bonds is 2. The summed E-state index contributed by atoms with van der Waals surface area (Å²) in [5, 5.41) is 0. The zero-order valence-electron chi connectivity index (χ0n) is 6.34. The van der Waals surface area contributed by atoms with E-state index < -0.39 is 18.4 Å². The average molecular weight is 166 g/mol. The van der Waals surface area contributed by atoms with Gasteiger partial charge in [-0.05, 0) is 7.05 Å². The zero-order chi connectivity index (χ0) is 8.43. The van der Waals surface area contributed by atoms with Crippen LogP contribution in [0.25, 0.3) is 0 Å². The predicted molar refractivity (Wildman–Crippen MR) is 36.3 cm³/mol. The first-order chi connectivity index (χ1) is 5.16. The molecule has 3 nitrogen and oxygen atoms in total. The second-order valence-electron chi connectivity index (χ2n) is 2.80. The maximum atomic E-state index is 12.9. The maximum Gasteiger partial charge on any atom is 0.150 e. The van der Waals surface area contributed by atoms with Crippen molar-refractivity contribution in [3.63, 3.8) is 0 Å². The molecule has 1 saturated heterocycles. The van der Waals surface area contributed by atoms with Crippen molar-refractivity contribution in [3.05, 3.63) is 0 Å². The second kappa shape index (κ2) is 3.42. The first-order valence-electron chi connectivity index (χ1n) is 3.47. The lowest BCUT2D eigenvalue weighted by molar-refractivity contribution is 0.0586. The lowest BCUT2D eigenvalue weighted by Crippen LogP contribution is -2.36. The van der Waals surface area contributed by atoms with Crippen molar-refractivity contribution in [3.8, 4) is 0 Å². The monoisotopic (exact) mass is 166 g/mol. The normalized spacial score (nSPS) is 39.8. The quantitative estimate of drug-likeness (QED) is 0.580. The Kier molecular flexibility index (Phi) is 2.75. The molecule has 0 aromatic carbocycles. The van der Waals surface area contributed by atoms with E-state index in [1.54, 1.807) is 11.9 Å². The summed E-state index contributed by atoms with van der Waals surface area (Å²) in [6.45, 7) is 0.160. The number of hydrogen-bond acceptors (Lipinski definition) is 3. The predicted octanol–water partition coefficient (Wildman–Crippen LogP) is -0.133. The second-order valence-corrected chi connectivity index (χ2v) is 2.80. The largest absolute Gasteiger partial charge is 0.303 e. The third kappa shape index (κ3) is 1.66. The van der Waals surface area contributed by atoms with Gasteiger partial charge in [-0.2, -0.15) is 0 Å². The maximum absolute atomic E-state index is 12.9. The van der Waals surface area contributed by atoms with E-state index in [1.807, 2.05) is 0 Å². The van der Waals surface area contributed by atoms with E-state index in [0.29, 0.717) is 0 Å². The van der Waals surface area contributed by atoms with Crippen molar-refractivity contribution in [2.75, 3.05) is 20.2 Å². The number of nitrogens with zero attached hydrogens (tertiary/aromatic N) is 1. The molecule has 0 bridgehead atoms. The van der Waals surface area contributed by atoms with Gasteiger partial charge in [-0.3, -0.25) is 4.90 Å². The third-order valence-electron chi connectivity index (χ3n) is 2.01. The summed E-state index contributed by atoms with van der Waals surface area (Å²) < 4.78 is 25.5. The number of likely N-dealkylation sites (N-methyl/N-ethyl adjacent to an activating group) is 1. The first kappa shape index (κ1) is 8.83. The smallest absolute Gasteiger partial charge is 0.150 e. The topological polar surface area (TPSA) is 38.5 Å². The van der Waals surface area contributed by atoms with Gasteiger partial charge in [0.25, 0.3) is 0 Å². The van der Waals surface area contributed by atoms with Crippen LogP contribution in [-0.2, 0) is 4.84 Å². The fourth-order valence-corrected chi connectivity index (χ4v) is 1.31. The Labute approximate surface area is 64.1 Å². The van der Waals surface area contributed by atoms with Gasteiger partial charge in [-0.25, -0.2) is 14.7 Å². The van der Waals surface area contributed by atoms with E-state index in [9.17, 15) is 8.78 Å². The minimum atomic E-state index is -1.47. The summed E-state index contributed by atoms with van der Waals surface area (Å²) in [5.74, 6) is 4.76. The van der Waals surface area contributed by atoms with E-state index in [4.69, 9.17) is 5.90 Å². The molecule has 5 heteroatoms. The Bertz CT molecular complexity index is 136. The van der Waals surface area contributed by atoms with Crippen molar-refractivity contribution in [1.29, 1.82) is 0 Å². The highest BCUT2D eigenvalue weighted by molar-refractivity contribution is 4.91. The van der Waals surface area contributed by atoms with Gasteiger partial charge in [-0.1, -0.05) is 0 Å². The van der Waals surface area contributed by atoms with Gasteiger partial charge in [0, 0.05) is 6.54 Å². The Morgan fingerprint density at radius 3 is 2.64 bits per heavy atom. The minimum absolute atomic E-state index is 0.0398. The summed E-state index contributed by atoms with van der Waals surface area (Å²) >= 11 is 0. The Morgan fingerprint density at radius 1 is 1.64 bits per heavy atom. The molecule has 11 heavy (non-hydrogen) atoms. The molecular weight excluding hydrogens is 154 g/mol. The van der Waals surface area contributed by atoms with Crippen LogP contribution in [0.2, 0.25) is 0 Å². The molecule has 0 radical (unpaired) electrons. The first-order valence-corrected chi connectivity index (χ1v) is 3.47. The van der Waals surface area contributed by atoms with Gasteiger partial charge in [-0.15, -0.1) is 0 Å². The Balaban J connectivity index is 2.49. The molecule has 0 aromatic heterocycles. The van der Waals surface area contributed by atoms with Crippen molar-refractivity contribution in [2.45, 2.75) is 18.4 Å². The average Bonchev–Trinajstić information content (AvgIpc) is 2.17. The molecular formula is C6H12F2N2O. The summed E-state index contributed by atoms with van der Waals surface area (Å²) in [6, 6.07) is -0.532. The van der Waals surface area contributed by atoms with Crippen LogP contribution < -0.4 is 5.90 Å². The van der Waals surface area contributed by atoms with Crippen LogP contribution in [0.4, 0.5) is 8.78 Å². The van der Waals surface area contributed by atoms with Gasteiger partial charge in [0.05, 0.1) is 12.6 Å². The Hall–Kier alpha value is -0.260. The summed E-state index contributed by atoms with van der Waals surface area (Å²) in [4.78, 5) is 5.84. The number of nitrogens with two attached hydrogens (primary N) is 1. The van der Waals surface area contributed by atoms with E-state index in [0.717, 1.165) is 0 Å². The Morgan fingerprint density at radius 2 is 2.27 bits per heavy atom. The molecule has 3 atom stereocenters. The molecule has 1 rings (SSSR count). The molecule has 0 saturated carbocycles. The number of alkyl halides is 2. The SMILES string of the molecule is CN1CC(F)C(F)C1CON. The van der Waals surface area contributed by atoms with Gasteiger partial charge in [0.1, 0.15) is 6.17 Å². The van der Waals surface area contributed by atoms with Crippen molar-refractivity contribution in [2.24, 2.45) is 5.90 Å². The van der Waals surface area contributed by atoms with Gasteiger partial charge in [0.2, 0.25) is 0 Å². The van der Waals surface area contributed by atoms with Gasteiger partial charge < -0.3 is 4.84 Å². The molecule has 1 aliphatic rings. The summed E-state index contributed by atoms with van der Waals surface area (Å²) in [5.41, 5.74) is 0. The number of hydrogen-bond donors (Lipinski definition) is 1. The van der Waals surface area contributed by atoms with Crippen LogP contribution in [0, 0.1) is 0 Å². The van der Waals surface area contributed by atoms with Crippen molar-refractivity contribution < 1.29 is 13.6 Å². The van der Waals surface area contributed by atoms with Crippen LogP contribution in [0.3, 0.4) is 0 Å². The fraction of sp³-hybridized carbons (Fsp3) is 1.00. The number of likely N-dealkylation sites (tertiary alicyclic amines) is 1. The summed E-state index contributed by atoms with van der Waals surface area (Å²) in [6.07, 6.45) is -2.87. The van der Waals surface area contributed by atoms with E-state index in [1.165, 1.54) is 0 Å². The molecule has 2 N–H and O–H groups in total. The van der Waals surface area contributed by atoms with Gasteiger partial charge >= 0.3 is 0 Å². The van der Waals surface area contributed by atoms with Crippen LogP contribution in [-0.4, -0.2) is 43.5 Å². The third-order valence-corrected chi connectivity index (χ3v) is 2.01. The molecule has 66 valence electrons. The lowest BCUT2D eigenvalue weighted by Gasteiger charge is -2.18. The standard InChI is InChI=1S/C6H12F2N2O/c1-10-2-4(7)6(8)5(10)3-11-9/h4-6H,2-3,9H2,1H3. The zero-order valence-corrected chi connectivity index (χ0v) is 6.34. The summed E-state index contributed by atoms with van der Waals surface area (Å²) in [7, 11) is 1.65. The van der Waals surface area contributed by atoms with Gasteiger partial charge in [0.15, 0.2) is 6.17 Å². The highest BCUT2D eigenvalue weighted by Crippen LogP contribution is 2.22. The molecule has 0 amide bonds. The van der Waals surface area contributed by atoms with E-state index in [2.05, 4.69) is 4.84 Å². The molecule has 0 aliphatic carbocycles.